The van der Waals surface area contributed by atoms with Crippen molar-refractivity contribution < 1.29 is 22.3 Å². The maximum atomic E-state index is 14.8. The van der Waals surface area contributed by atoms with Gasteiger partial charge in [0.05, 0.1) is 11.1 Å². The number of halogens is 4. The molecular formula is C21H18F4O. The van der Waals surface area contributed by atoms with Gasteiger partial charge in [0.25, 0.3) is 0 Å². The maximum Gasteiger partial charge on any atom is 0.400 e. The van der Waals surface area contributed by atoms with Gasteiger partial charge in [-0.15, -0.1) is 0 Å². The van der Waals surface area contributed by atoms with Crippen LogP contribution in [0.25, 0.3) is 23.5 Å². The summed E-state index contributed by atoms with van der Waals surface area (Å²) < 4.78 is 62.0. The highest BCUT2D eigenvalue weighted by atomic mass is 19.3. The lowest BCUT2D eigenvalue weighted by molar-refractivity contribution is -0.236. The Morgan fingerprint density at radius 2 is 1.69 bits per heavy atom. The van der Waals surface area contributed by atoms with Gasteiger partial charge in [-0.25, -0.2) is 8.78 Å². The molecule has 0 aromatic heterocycles. The van der Waals surface area contributed by atoms with Crippen molar-refractivity contribution in [1.82, 2.24) is 0 Å². The molecule has 1 aliphatic rings. The predicted molar refractivity (Wildman–Crippen MR) is 93.7 cm³/mol. The van der Waals surface area contributed by atoms with E-state index in [1.54, 1.807) is 24.3 Å². The summed E-state index contributed by atoms with van der Waals surface area (Å²) >= 11 is 0. The molecule has 1 aliphatic heterocycles. The van der Waals surface area contributed by atoms with Gasteiger partial charge in [-0.05, 0) is 35.8 Å². The monoisotopic (exact) mass is 362 g/mol. The van der Waals surface area contributed by atoms with Crippen LogP contribution in [0, 0.1) is 24.5 Å². The highest BCUT2D eigenvalue weighted by molar-refractivity contribution is 5.67. The Morgan fingerprint density at radius 3 is 2.31 bits per heavy atom. The summed E-state index contributed by atoms with van der Waals surface area (Å²) in [6, 6.07) is 8.19. The van der Waals surface area contributed by atoms with E-state index in [4.69, 9.17) is 4.74 Å². The molecule has 1 fully saturated rings. The van der Waals surface area contributed by atoms with E-state index in [-0.39, 0.29) is 22.8 Å². The van der Waals surface area contributed by atoms with Crippen LogP contribution < -0.4 is 10.4 Å². The molecule has 136 valence electrons. The number of hydrogen-bond donors (Lipinski definition) is 0. The first-order valence-electron chi connectivity index (χ1n) is 8.15. The van der Waals surface area contributed by atoms with E-state index >= 15 is 0 Å². The van der Waals surface area contributed by atoms with E-state index in [0.29, 0.717) is 5.56 Å². The van der Waals surface area contributed by atoms with Crippen molar-refractivity contribution in [3.8, 4) is 11.1 Å². The lowest BCUT2D eigenvalue weighted by Crippen LogP contribution is -2.40. The topological polar surface area (TPSA) is 9.23 Å². The molecule has 3 rings (SSSR count). The molecule has 2 aromatic carbocycles. The summed E-state index contributed by atoms with van der Waals surface area (Å²) in [4.78, 5) is 0. The van der Waals surface area contributed by atoms with Crippen molar-refractivity contribution in [2.24, 2.45) is 5.92 Å². The van der Waals surface area contributed by atoms with Gasteiger partial charge < -0.3 is 4.74 Å². The third-order valence-corrected chi connectivity index (χ3v) is 4.56. The van der Waals surface area contributed by atoms with Gasteiger partial charge in [0.15, 0.2) is 11.6 Å². The second-order valence-electron chi connectivity index (χ2n) is 6.65. The molecule has 1 nitrogen and oxygen atoms in total. The molecular weight excluding hydrogens is 344 g/mol. The first-order valence-corrected chi connectivity index (χ1v) is 8.15. The van der Waals surface area contributed by atoms with E-state index in [1.165, 1.54) is 13.0 Å². The summed E-state index contributed by atoms with van der Waals surface area (Å²) in [5.41, 5.74) is 1.64. The van der Waals surface area contributed by atoms with Crippen LogP contribution in [-0.2, 0) is 4.74 Å². The van der Waals surface area contributed by atoms with E-state index in [9.17, 15) is 17.6 Å². The first kappa shape index (κ1) is 18.2. The highest BCUT2D eigenvalue weighted by Gasteiger charge is 2.44. The minimum Gasteiger partial charge on any atom is -0.431 e. The van der Waals surface area contributed by atoms with Gasteiger partial charge in [0, 0.05) is 5.56 Å². The van der Waals surface area contributed by atoms with Crippen molar-refractivity contribution in [1.29, 1.82) is 0 Å². The maximum absolute atomic E-state index is 14.8. The Kier molecular flexibility index (Phi) is 4.42. The second kappa shape index (κ2) is 6.31. The predicted octanol–water partition coefficient (Wildman–Crippen LogP) is 4.66. The molecule has 0 radical (unpaired) electrons. The summed E-state index contributed by atoms with van der Waals surface area (Å²) in [5, 5.41) is -0.351. The van der Waals surface area contributed by atoms with Crippen LogP contribution in [0.3, 0.4) is 0 Å². The van der Waals surface area contributed by atoms with Gasteiger partial charge >= 0.3 is 6.11 Å². The number of ether oxygens (including phenoxy) is 1. The molecule has 2 aromatic rings. The van der Waals surface area contributed by atoms with Crippen LogP contribution in [-0.4, -0.2) is 6.11 Å². The average Bonchev–Trinajstić information content (AvgIpc) is 2.56. The molecule has 26 heavy (non-hydrogen) atoms. The third kappa shape index (κ3) is 3.02. The molecule has 0 amide bonds. The van der Waals surface area contributed by atoms with Crippen LogP contribution in [0.2, 0.25) is 0 Å². The van der Waals surface area contributed by atoms with E-state index in [0.717, 1.165) is 5.56 Å². The van der Waals surface area contributed by atoms with Crippen LogP contribution in [0.5, 0.6) is 0 Å². The molecule has 0 spiro atoms. The SMILES string of the molecule is C=C1CC(C)C(F)(F)O/C1=c1\c(F)c(F)c(-c2ccc(C)cc2)cc1=C. The second-order valence-corrected chi connectivity index (χ2v) is 6.65. The molecule has 0 aliphatic carbocycles. The number of aryl methyl sites for hydroxylation is 1. The number of alkyl halides is 2. The van der Waals surface area contributed by atoms with Crippen molar-refractivity contribution >= 4 is 12.3 Å². The Balaban J connectivity index is 2.25. The van der Waals surface area contributed by atoms with Crippen LogP contribution in [0.1, 0.15) is 18.9 Å². The van der Waals surface area contributed by atoms with Crippen molar-refractivity contribution in [2.75, 3.05) is 0 Å². The lowest BCUT2D eigenvalue weighted by Gasteiger charge is -2.32. The van der Waals surface area contributed by atoms with Crippen molar-refractivity contribution in [3.05, 3.63) is 70.1 Å². The van der Waals surface area contributed by atoms with Crippen LogP contribution >= 0.6 is 0 Å². The number of benzene rings is 2. The number of rotatable bonds is 1. The van der Waals surface area contributed by atoms with Crippen molar-refractivity contribution in [2.45, 2.75) is 26.4 Å². The molecule has 5 heteroatoms. The van der Waals surface area contributed by atoms with Gasteiger partial charge in [0.1, 0.15) is 5.76 Å². The first-order chi connectivity index (χ1) is 12.1. The molecule has 0 saturated carbocycles. The minimum atomic E-state index is -3.48. The number of hydrogen-bond acceptors (Lipinski definition) is 1. The summed E-state index contributed by atoms with van der Waals surface area (Å²) in [7, 11) is 0. The Morgan fingerprint density at radius 1 is 1.08 bits per heavy atom. The quantitative estimate of drug-likeness (QED) is 0.670. The third-order valence-electron chi connectivity index (χ3n) is 4.56. The Hall–Kier alpha value is -2.56. The van der Waals surface area contributed by atoms with Crippen LogP contribution in [0.15, 0.2) is 42.5 Å². The smallest absolute Gasteiger partial charge is 0.400 e. The molecule has 0 N–H and O–H groups in total. The summed E-state index contributed by atoms with van der Waals surface area (Å²) in [6.07, 6.45) is -3.57. The van der Waals surface area contributed by atoms with E-state index in [1.807, 2.05) is 6.92 Å². The largest absolute Gasteiger partial charge is 0.431 e. The normalized spacial score (nSPS) is 21.5. The molecule has 1 heterocycles. The fourth-order valence-corrected chi connectivity index (χ4v) is 2.99. The molecule has 1 saturated heterocycles. The Labute approximate surface area is 148 Å². The Bertz CT molecular complexity index is 990. The minimum absolute atomic E-state index is 0.0124. The molecule has 1 unspecified atom stereocenters. The fourth-order valence-electron chi connectivity index (χ4n) is 2.99. The van der Waals surface area contributed by atoms with Gasteiger partial charge in [-0.2, -0.15) is 8.78 Å². The highest BCUT2D eigenvalue weighted by Crippen LogP contribution is 2.40. The standard InChI is InChI=1S/C21H18F4O/c1-11-5-7-15(8-6-11)16-10-12(2)17(19(23)18(16)22)20-13(3)9-14(4)21(24,25)26-20/h5-8,10,14H,2-3,9H2,1,4H3/b20-17-. The van der Waals surface area contributed by atoms with E-state index < -0.39 is 34.6 Å². The van der Waals surface area contributed by atoms with Gasteiger partial charge in [-0.3, -0.25) is 0 Å². The van der Waals surface area contributed by atoms with Gasteiger partial charge in [-0.1, -0.05) is 49.9 Å². The average molecular weight is 362 g/mol. The molecule has 0 bridgehead atoms. The lowest BCUT2D eigenvalue weighted by atomic mass is 9.94. The summed E-state index contributed by atoms with van der Waals surface area (Å²) in [6.45, 7) is 10.6. The zero-order valence-corrected chi connectivity index (χ0v) is 14.5. The fraction of sp³-hybridized carbons (Fsp3) is 0.238. The summed E-state index contributed by atoms with van der Waals surface area (Å²) in [5.74, 6) is -3.95. The van der Waals surface area contributed by atoms with Gasteiger partial charge in [0.2, 0.25) is 0 Å². The molecule has 1 atom stereocenters. The van der Waals surface area contributed by atoms with Crippen molar-refractivity contribution in [3.63, 3.8) is 0 Å². The van der Waals surface area contributed by atoms with E-state index in [2.05, 4.69) is 13.2 Å². The zero-order valence-electron chi connectivity index (χ0n) is 14.5. The zero-order chi connectivity index (χ0) is 19.2. The van der Waals surface area contributed by atoms with Crippen LogP contribution in [0.4, 0.5) is 17.6 Å².